The van der Waals surface area contributed by atoms with Crippen LogP contribution in [-0.4, -0.2) is 22.4 Å². The lowest BCUT2D eigenvalue weighted by Gasteiger charge is -2.08. The van der Waals surface area contributed by atoms with E-state index in [1.807, 2.05) is 19.1 Å². The highest BCUT2D eigenvalue weighted by Crippen LogP contribution is 2.33. The molecule has 5 nitrogen and oxygen atoms in total. The van der Waals surface area contributed by atoms with Gasteiger partial charge in [0.25, 0.3) is 10.0 Å². The zero-order chi connectivity index (χ0) is 18.3. The van der Waals surface area contributed by atoms with Crippen molar-refractivity contribution in [1.29, 1.82) is 0 Å². The van der Waals surface area contributed by atoms with Crippen LogP contribution in [0.1, 0.15) is 5.56 Å². The standard InChI is InChI=1S/C19H14BrN3O2S/c1-13-2-5-15(6-3-13)26(24,25)23-12-17(18-11-21-8-9-22-18)16-10-14(20)4-7-19(16)23/h2-12H,1H3. The molecule has 2 aromatic carbocycles. The molecule has 0 aliphatic rings. The highest BCUT2D eigenvalue weighted by molar-refractivity contribution is 9.10. The van der Waals surface area contributed by atoms with E-state index in [0.29, 0.717) is 16.8 Å². The normalized spacial score (nSPS) is 11.8. The van der Waals surface area contributed by atoms with Crippen molar-refractivity contribution in [3.63, 3.8) is 0 Å². The van der Waals surface area contributed by atoms with E-state index < -0.39 is 10.0 Å². The van der Waals surface area contributed by atoms with Crippen LogP contribution in [0.5, 0.6) is 0 Å². The molecule has 0 N–H and O–H groups in total. The van der Waals surface area contributed by atoms with Gasteiger partial charge in [-0.15, -0.1) is 0 Å². The summed E-state index contributed by atoms with van der Waals surface area (Å²) in [5.74, 6) is 0. The van der Waals surface area contributed by atoms with Gasteiger partial charge >= 0.3 is 0 Å². The highest BCUT2D eigenvalue weighted by atomic mass is 79.9. The SMILES string of the molecule is Cc1ccc(S(=O)(=O)n2cc(-c3cnccn3)c3cc(Br)ccc32)cc1. The van der Waals surface area contributed by atoms with Crippen LogP contribution in [-0.2, 0) is 10.0 Å². The Morgan fingerprint density at radius 2 is 1.81 bits per heavy atom. The first-order valence-electron chi connectivity index (χ1n) is 7.86. The Bertz CT molecular complexity index is 1200. The highest BCUT2D eigenvalue weighted by Gasteiger charge is 2.22. The van der Waals surface area contributed by atoms with Gasteiger partial charge < -0.3 is 0 Å². The third-order valence-corrected chi connectivity index (χ3v) is 6.33. The Balaban J connectivity index is 2.01. The summed E-state index contributed by atoms with van der Waals surface area (Å²) >= 11 is 3.46. The van der Waals surface area contributed by atoms with Crippen LogP contribution in [0, 0.1) is 6.92 Å². The zero-order valence-corrected chi connectivity index (χ0v) is 16.2. The van der Waals surface area contributed by atoms with Crippen molar-refractivity contribution in [3.8, 4) is 11.3 Å². The quantitative estimate of drug-likeness (QED) is 0.485. The Labute approximate surface area is 159 Å². The predicted octanol–water partition coefficient (Wildman–Crippen LogP) is 4.41. The molecule has 0 fully saturated rings. The van der Waals surface area contributed by atoms with Gasteiger partial charge in [-0.3, -0.25) is 9.97 Å². The minimum Gasteiger partial charge on any atom is -0.261 e. The summed E-state index contributed by atoms with van der Waals surface area (Å²) in [6.45, 7) is 1.92. The van der Waals surface area contributed by atoms with Crippen LogP contribution in [0.25, 0.3) is 22.2 Å². The lowest BCUT2D eigenvalue weighted by molar-refractivity contribution is 0.589. The van der Waals surface area contributed by atoms with E-state index in [-0.39, 0.29) is 4.90 Å². The van der Waals surface area contributed by atoms with E-state index in [4.69, 9.17) is 0 Å². The first-order valence-corrected chi connectivity index (χ1v) is 10.1. The second-order valence-corrected chi connectivity index (χ2v) is 8.64. The van der Waals surface area contributed by atoms with Crippen LogP contribution in [0.2, 0.25) is 0 Å². The van der Waals surface area contributed by atoms with E-state index in [0.717, 1.165) is 15.4 Å². The van der Waals surface area contributed by atoms with E-state index in [1.165, 1.54) is 3.97 Å². The number of benzene rings is 2. The summed E-state index contributed by atoms with van der Waals surface area (Å²) in [6, 6.07) is 12.3. The van der Waals surface area contributed by atoms with Gasteiger partial charge in [-0.1, -0.05) is 33.6 Å². The molecule has 0 radical (unpaired) electrons. The monoisotopic (exact) mass is 427 g/mol. The maximum atomic E-state index is 13.2. The van der Waals surface area contributed by atoms with Crippen LogP contribution in [0.15, 0.2) is 76.6 Å². The van der Waals surface area contributed by atoms with Crippen molar-refractivity contribution in [2.75, 3.05) is 0 Å². The fourth-order valence-electron chi connectivity index (χ4n) is 2.84. The van der Waals surface area contributed by atoms with Crippen molar-refractivity contribution in [2.45, 2.75) is 11.8 Å². The van der Waals surface area contributed by atoms with Gasteiger partial charge in [0.2, 0.25) is 0 Å². The summed E-state index contributed by atoms with van der Waals surface area (Å²) in [5, 5.41) is 0.788. The first-order chi connectivity index (χ1) is 12.5. The molecule has 0 bridgehead atoms. The minimum absolute atomic E-state index is 0.244. The summed E-state index contributed by atoms with van der Waals surface area (Å²) < 4.78 is 28.6. The average Bonchev–Trinajstić information content (AvgIpc) is 3.02. The molecule has 2 aromatic heterocycles. The number of hydrogen-bond acceptors (Lipinski definition) is 4. The fourth-order valence-corrected chi connectivity index (χ4v) is 4.57. The number of rotatable bonds is 3. The number of halogens is 1. The van der Waals surface area contributed by atoms with E-state index in [2.05, 4.69) is 25.9 Å². The smallest absolute Gasteiger partial charge is 0.261 e. The second-order valence-electron chi connectivity index (χ2n) is 5.91. The number of fused-ring (bicyclic) bond motifs is 1. The molecule has 0 amide bonds. The molecule has 26 heavy (non-hydrogen) atoms. The molecule has 130 valence electrons. The Hall–Kier alpha value is -2.51. The summed E-state index contributed by atoms with van der Waals surface area (Å²) in [6.07, 6.45) is 6.40. The summed E-state index contributed by atoms with van der Waals surface area (Å²) in [7, 11) is -3.73. The lowest BCUT2D eigenvalue weighted by Crippen LogP contribution is -2.11. The molecule has 0 unspecified atom stereocenters. The Morgan fingerprint density at radius 3 is 2.50 bits per heavy atom. The molecule has 0 atom stereocenters. The molecule has 0 saturated heterocycles. The van der Waals surface area contributed by atoms with E-state index in [1.54, 1.807) is 55.1 Å². The molecular weight excluding hydrogens is 414 g/mol. The van der Waals surface area contributed by atoms with Crippen LogP contribution in [0.3, 0.4) is 0 Å². The van der Waals surface area contributed by atoms with Crippen molar-refractivity contribution in [1.82, 2.24) is 13.9 Å². The van der Waals surface area contributed by atoms with Gasteiger partial charge in [0.05, 0.1) is 22.3 Å². The molecule has 4 rings (SSSR count). The van der Waals surface area contributed by atoms with Gasteiger partial charge in [-0.25, -0.2) is 12.4 Å². The Kier molecular flexibility index (Phi) is 4.13. The van der Waals surface area contributed by atoms with Crippen molar-refractivity contribution in [2.24, 2.45) is 0 Å². The largest absolute Gasteiger partial charge is 0.268 e. The molecule has 0 saturated carbocycles. The fraction of sp³-hybridized carbons (Fsp3) is 0.0526. The molecule has 0 spiro atoms. The second kappa shape index (κ2) is 6.34. The molecule has 2 heterocycles. The predicted molar refractivity (Wildman–Crippen MR) is 104 cm³/mol. The Morgan fingerprint density at radius 1 is 1.04 bits per heavy atom. The zero-order valence-electron chi connectivity index (χ0n) is 13.8. The maximum absolute atomic E-state index is 13.2. The van der Waals surface area contributed by atoms with Gasteiger partial charge in [-0.05, 0) is 37.3 Å². The molecule has 0 aliphatic carbocycles. The van der Waals surface area contributed by atoms with Gasteiger partial charge in [-0.2, -0.15) is 0 Å². The van der Waals surface area contributed by atoms with Gasteiger partial charge in [0.1, 0.15) is 0 Å². The van der Waals surface area contributed by atoms with E-state index >= 15 is 0 Å². The topological polar surface area (TPSA) is 64.8 Å². The summed E-state index contributed by atoms with van der Waals surface area (Å²) in [5.41, 5.74) is 2.93. The third-order valence-electron chi connectivity index (χ3n) is 4.15. The number of hydrogen-bond donors (Lipinski definition) is 0. The lowest BCUT2D eigenvalue weighted by atomic mass is 10.1. The molecular formula is C19H14BrN3O2S. The molecule has 4 aromatic rings. The van der Waals surface area contributed by atoms with Crippen LogP contribution < -0.4 is 0 Å². The van der Waals surface area contributed by atoms with Crippen molar-refractivity contribution in [3.05, 3.63) is 77.3 Å². The third kappa shape index (κ3) is 2.83. The molecule has 0 aliphatic heterocycles. The summed E-state index contributed by atoms with van der Waals surface area (Å²) in [4.78, 5) is 8.66. The number of aryl methyl sites for hydroxylation is 1. The van der Waals surface area contributed by atoms with E-state index in [9.17, 15) is 8.42 Å². The van der Waals surface area contributed by atoms with Gasteiger partial charge in [0.15, 0.2) is 0 Å². The average molecular weight is 428 g/mol. The van der Waals surface area contributed by atoms with Gasteiger partial charge in [0, 0.05) is 34.0 Å². The van der Waals surface area contributed by atoms with Crippen LogP contribution in [0.4, 0.5) is 0 Å². The van der Waals surface area contributed by atoms with Crippen LogP contribution >= 0.6 is 15.9 Å². The maximum Gasteiger partial charge on any atom is 0.268 e. The van der Waals surface area contributed by atoms with Crippen molar-refractivity contribution >= 4 is 36.9 Å². The number of aromatic nitrogens is 3. The molecule has 7 heteroatoms. The minimum atomic E-state index is -3.73. The number of nitrogens with zero attached hydrogens (tertiary/aromatic N) is 3. The first kappa shape index (κ1) is 16.9. The van der Waals surface area contributed by atoms with Crippen molar-refractivity contribution < 1.29 is 8.42 Å².